The number of nitrogens with two attached hydrogens (primary N) is 1. The summed E-state index contributed by atoms with van der Waals surface area (Å²) in [6.45, 7) is 7.89. The molecule has 0 aliphatic carbocycles. The number of nitrogens with zero attached hydrogens (tertiary/aromatic N) is 1. The number of hydrogen-bond acceptors (Lipinski definition) is 4. The fourth-order valence-electron chi connectivity index (χ4n) is 3.19. The third-order valence-corrected chi connectivity index (χ3v) is 5.55. The number of aromatic nitrogens is 1. The van der Waals surface area contributed by atoms with E-state index in [0.29, 0.717) is 22.3 Å². The standard InChI is InChI=1S/C24H26Cl2FN3O/c1-14(2)11-29-12-16-4-6-17(7-5-16)18-10-21(24(28)30-13-18)31-15(3)22-19(25)8-9-20(27)23(22)26/h4-10,13-15,29H,11-12H2,1-3H3,(H2,28,30). The van der Waals surface area contributed by atoms with Crippen molar-refractivity contribution in [1.82, 2.24) is 10.3 Å². The van der Waals surface area contributed by atoms with Gasteiger partial charge in [-0.1, -0.05) is 61.3 Å². The maximum absolute atomic E-state index is 13.9. The molecule has 0 amide bonds. The summed E-state index contributed by atoms with van der Waals surface area (Å²) in [6, 6.07) is 12.7. The number of benzene rings is 2. The number of hydrogen-bond donors (Lipinski definition) is 2. The zero-order valence-corrected chi connectivity index (χ0v) is 19.3. The van der Waals surface area contributed by atoms with Crippen LogP contribution in [0.25, 0.3) is 11.1 Å². The van der Waals surface area contributed by atoms with Crippen LogP contribution in [0.4, 0.5) is 10.2 Å². The minimum absolute atomic E-state index is 0.0654. The highest BCUT2D eigenvalue weighted by molar-refractivity contribution is 6.36. The molecular formula is C24H26Cl2FN3O. The van der Waals surface area contributed by atoms with E-state index >= 15 is 0 Å². The fraction of sp³-hybridized carbons (Fsp3) is 0.292. The molecule has 0 aliphatic rings. The van der Waals surface area contributed by atoms with Gasteiger partial charge >= 0.3 is 0 Å². The van der Waals surface area contributed by atoms with Crippen molar-refractivity contribution in [3.63, 3.8) is 0 Å². The lowest BCUT2D eigenvalue weighted by molar-refractivity contribution is 0.227. The van der Waals surface area contributed by atoms with Gasteiger partial charge in [0.2, 0.25) is 0 Å². The van der Waals surface area contributed by atoms with Crippen molar-refractivity contribution in [2.45, 2.75) is 33.4 Å². The lowest BCUT2D eigenvalue weighted by atomic mass is 10.0. The van der Waals surface area contributed by atoms with Crippen LogP contribution >= 0.6 is 23.2 Å². The molecule has 1 unspecified atom stereocenters. The normalized spacial score (nSPS) is 12.2. The van der Waals surface area contributed by atoms with Crippen molar-refractivity contribution in [3.8, 4) is 16.9 Å². The number of halogens is 3. The fourth-order valence-corrected chi connectivity index (χ4v) is 3.87. The van der Waals surface area contributed by atoms with Crippen molar-refractivity contribution in [1.29, 1.82) is 0 Å². The van der Waals surface area contributed by atoms with Gasteiger partial charge in [0, 0.05) is 28.9 Å². The van der Waals surface area contributed by atoms with Crippen LogP contribution in [0, 0.1) is 11.7 Å². The van der Waals surface area contributed by atoms with Crippen LogP contribution in [0.5, 0.6) is 5.75 Å². The predicted octanol–water partition coefficient (Wildman–Crippen LogP) is 6.66. The summed E-state index contributed by atoms with van der Waals surface area (Å²) in [4.78, 5) is 4.26. The summed E-state index contributed by atoms with van der Waals surface area (Å²) in [5, 5.41) is 3.69. The number of nitrogen functional groups attached to an aromatic ring is 1. The summed E-state index contributed by atoms with van der Waals surface area (Å²) in [6.07, 6.45) is 1.07. The van der Waals surface area contributed by atoms with Gasteiger partial charge in [-0.15, -0.1) is 0 Å². The summed E-state index contributed by atoms with van der Waals surface area (Å²) in [7, 11) is 0. The van der Waals surface area contributed by atoms with Crippen molar-refractivity contribution in [3.05, 3.63) is 75.7 Å². The molecule has 164 valence electrons. The summed E-state index contributed by atoms with van der Waals surface area (Å²) in [5.41, 5.74) is 9.43. The van der Waals surface area contributed by atoms with Crippen molar-refractivity contribution in [2.75, 3.05) is 12.3 Å². The largest absolute Gasteiger partial charge is 0.482 e. The molecule has 1 heterocycles. The van der Waals surface area contributed by atoms with E-state index in [0.717, 1.165) is 24.2 Å². The molecule has 1 aromatic heterocycles. The van der Waals surface area contributed by atoms with E-state index in [4.69, 9.17) is 33.7 Å². The number of ether oxygens (including phenoxy) is 1. The third-order valence-electron chi connectivity index (χ3n) is 4.84. The second-order valence-electron chi connectivity index (χ2n) is 7.85. The molecule has 2 aromatic carbocycles. The Labute approximate surface area is 192 Å². The van der Waals surface area contributed by atoms with Gasteiger partial charge < -0.3 is 15.8 Å². The van der Waals surface area contributed by atoms with Gasteiger partial charge in [-0.3, -0.25) is 0 Å². The van der Waals surface area contributed by atoms with Crippen LogP contribution in [0.2, 0.25) is 10.0 Å². The first-order chi connectivity index (χ1) is 14.8. The zero-order chi connectivity index (χ0) is 22.5. The van der Waals surface area contributed by atoms with E-state index in [2.05, 4.69) is 36.3 Å². The Bertz CT molecular complexity index is 1040. The summed E-state index contributed by atoms with van der Waals surface area (Å²) in [5.74, 6) is 0.662. The van der Waals surface area contributed by atoms with E-state index in [-0.39, 0.29) is 10.8 Å². The van der Waals surface area contributed by atoms with Crippen molar-refractivity contribution >= 4 is 29.0 Å². The van der Waals surface area contributed by atoms with Gasteiger partial charge in [0.05, 0.1) is 5.02 Å². The minimum atomic E-state index is -0.621. The average molecular weight is 462 g/mol. The van der Waals surface area contributed by atoms with Crippen LogP contribution < -0.4 is 15.8 Å². The van der Waals surface area contributed by atoms with Crippen LogP contribution in [-0.4, -0.2) is 11.5 Å². The smallest absolute Gasteiger partial charge is 0.166 e. The topological polar surface area (TPSA) is 60.2 Å². The van der Waals surface area contributed by atoms with Gasteiger partial charge in [-0.05, 0) is 48.7 Å². The molecule has 0 radical (unpaired) electrons. The Hall–Kier alpha value is -2.34. The molecule has 3 rings (SSSR count). The minimum Gasteiger partial charge on any atom is -0.482 e. The van der Waals surface area contributed by atoms with Gasteiger partial charge in [0.15, 0.2) is 11.6 Å². The molecule has 3 N–H and O–H groups in total. The van der Waals surface area contributed by atoms with Crippen LogP contribution in [0.3, 0.4) is 0 Å². The van der Waals surface area contributed by atoms with Crippen LogP contribution in [0.15, 0.2) is 48.7 Å². The SMILES string of the molecule is CC(C)CNCc1ccc(-c2cnc(N)c(OC(C)c3c(Cl)ccc(F)c3Cl)c2)cc1. The van der Waals surface area contributed by atoms with E-state index < -0.39 is 11.9 Å². The highest BCUT2D eigenvalue weighted by atomic mass is 35.5. The molecule has 0 aliphatic heterocycles. The van der Waals surface area contributed by atoms with Gasteiger partial charge in [0.1, 0.15) is 11.9 Å². The molecular weight excluding hydrogens is 436 g/mol. The quantitative estimate of drug-likeness (QED) is 0.368. The number of rotatable bonds is 8. The molecule has 7 heteroatoms. The monoisotopic (exact) mass is 461 g/mol. The summed E-state index contributed by atoms with van der Waals surface area (Å²) >= 11 is 12.3. The van der Waals surface area contributed by atoms with E-state index in [9.17, 15) is 4.39 Å². The maximum Gasteiger partial charge on any atom is 0.166 e. The number of pyridine rings is 1. The zero-order valence-electron chi connectivity index (χ0n) is 17.8. The molecule has 0 saturated heterocycles. The molecule has 0 bridgehead atoms. The molecule has 0 saturated carbocycles. The molecule has 0 fully saturated rings. The predicted molar refractivity (Wildman–Crippen MR) is 126 cm³/mol. The van der Waals surface area contributed by atoms with Crippen LogP contribution in [-0.2, 0) is 6.54 Å². The molecule has 4 nitrogen and oxygen atoms in total. The first-order valence-electron chi connectivity index (χ1n) is 10.1. The average Bonchev–Trinajstić information content (AvgIpc) is 2.73. The number of anilines is 1. The first kappa shape index (κ1) is 23.3. The second kappa shape index (κ2) is 10.3. The highest BCUT2D eigenvalue weighted by Crippen LogP contribution is 2.36. The lowest BCUT2D eigenvalue weighted by Gasteiger charge is -2.19. The van der Waals surface area contributed by atoms with E-state index in [1.807, 2.05) is 18.2 Å². The Morgan fingerprint density at radius 1 is 1.06 bits per heavy atom. The lowest BCUT2D eigenvalue weighted by Crippen LogP contribution is -2.18. The van der Waals surface area contributed by atoms with Crippen molar-refractivity contribution in [2.24, 2.45) is 5.92 Å². The molecule has 0 spiro atoms. The molecule has 31 heavy (non-hydrogen) atoms. The maximum atomic E-state index is 13.9. The molecule has 3 aromatic rings. The van der Waals surface area contributed by atoms with E-state index in [1.165, 1.54) is 17.7 Å². The Morgan fingerprint density at radius 2 is 1.77 bits per heavy atom. The third kappa shape index (κ3) is 5.88. The van der Waals surface area contributed by atoms with Gasteiger partial charge in [-0.25, -0.2) is 9.37 Å². The van der Waals surface area contributed by atoms with Crippen LogP contribution in [0.1, 0.15) is 38.0 Å². The van der Waals surface area contributed by atoms with E-state index in [1.54, 1.807) is 13.1 Å². The van der Waals surface area contributed by atoms with Crippen molar-refractivity contribution < 1.29 is 9.13 Å². The van der Waals surface area contributed by atoms with Gasteiger partial charge in [0.25, 0.3) is 0 Å². The Kier molecular flexibility index (Phi) is 7.76. The highest BCUT2D eigenvalue weighted by Gasteiger charge is 2.20. The second-order valence-corrected chi connectivity index (χ2v) is 8.63. The number of nitrogens with one attached hydrogen (secondary N) is 1. The Morgan fingerprint density at radius 3 is 2.45 bits per heavy atom. The molecule has 1 atom stereocenters. The van der Waals surface area contributed by atoms with Gasteiger partial charge in [-0.2, -0.15) is 0 Å². The summed E-state index contributed by atoms with van der Waals surface area (Å²) < 4.78 is 19.9. The Balaban J connectivity index is 1.78. The first-order valence-corrected chi connectivity index (χ1v) is 10.9.